The monoisotopic (exact) mass is 292 g/mol. The summed E-state index contributed by atoms with van der Waals surface area (Å²) in [6.45, 7) is 1.65. The van der Waals surface area contributed by atoms with Crippen molar-refractivity contribution in [2.75, 3.05) is 13.1 Å². The third kappa shape index (κ3) is 1.99. The Morgan fingerprint density at radius 1 is 0.955 bits per heavy atom. The molecule has 110 valence electrons. The average Bonchev–Trinajstić information content (AvgIpc) is 3.08. The van der Waals surface area contributed by atoms with Gasteiger partial charge in [-0.25, -0.2) is 0 Å². The summed E-state index contributed by atoms with van der Waals surface area (Å²) in [5.41, 5.74) is 1.24. The number of nitrogens with one attached hydrogen (secondary N) is 1. The van der Waals surface area contributed by atoms with Gasteiger partial charge < -0.3 is 9.88 Å². The number of aromatic nitrogens is 1. The topological polar surface area (TPSA) is 53.2 Å². The number of carbonyl (C=O) groups excluding carboxylic acids is 1. The van der Waals surface area contributed by atoms with Gasteiger partial charge >= 0.3 is 0 Å². The highest BCUT2D eigenvalue weighted by Crippen LogP contribution is 2.23. The largest absolute Gasteiger partial charge is 0.339 e. The summed E-state index contributed by atoms with van der Waals surface area (Å²) in [7, 11) is 0. The van der Waals surface area contributed by atoms with Crippen molar-refractivity contribution in [2.45, 2.75) is 12.8 Å². The Balaban J connectivity index is 1.89. The second-order valence-electron chi connectivity index (χ2n) is 5.76. The molecule has 1 aliphatic rings. The number of rotatable bonds is 1. The third-order valence-corrected chi connectivity index (χ3v) is 4.37. The molecule has 1 amide bonds. The van der Waals surface area contributed by atoms with Gasteiger partial charge in [-0.2, -0.15) is 0 Å². The van der Waals surface area contributed by atoms with E-state index in [0.717, 1.165) is 36.7 Å². The van der Waals surface area contributed by atoms with Gasteiger partial charge in [0.25, 0.3) is 11.5 Å². The number of likely N-dealkylation sites (tertiary alicyclic amines) is 1. The normalized spacial score (nSPS) is 14.8. The van der Waals surface area contributed by atoms with Crippen molar-refractivity contribution < 1.29 is 4.79 Å². The number of H-pyrrole nitrogens is 1. The molecule has 0 atom stereocenters. The first-order valence-corrected chi connectivity index (χ1v) is 7.58. The van der Waals surface area contributed by atoms with E-state index < -0.39 is 0 Å². The van der Waals surface area contributed by atoms with Gasteiger partial charge in [-0.15, -0.1) is 0 Å². The molecule has 1 aromatic heterocycles. The highest BCUT2D eigenvalue weighted by molar-refractivity contribution is 6.07. The zero-order chi connectivity index (χ0) is 15.1. The van der Waals surface area contributed by atoms with Crippen LogP contribution in [0.3, 0.4) is 0 Å². The number of carbonyl (C=O) groups is 1. The summed E-state index contributed by atoms with van der Waals surface area (Å²) >= 11 is 0. The van der Waals surface area contributed by atoms with Crippen LogP contribution in [0, 0.1) is 0 Å². The molecule has 22 heavy (non-hydrogen) atoms. The fourth-order valence-corrected chi connectivity index (χ4v) is 3.22. The zero-order valence-corrected chi connectivity index (χ0v) is 12.1. The molecule has 4 nitrogen and oxygen atoms in total. The van der Waals surface area contributed by atoms with Crippen LogP contribution < -0.4 is 5.56 Å². The standard InChI is InChI=1S/C18H16N2O2/c21-17-15-6-2-1-5-13(15)14-8-7-12(11-16(14)19-17)18(22)20-9-3-4-10-20/h1-2,5-8,11H,3-4,9-10H2,(H,19,21). The number of hydrogen-bond donors (Lipinski definition) is 1. The highest BCUT2D eigenvalue weighted by atomic mass is 16.2. The molecule has 0 saturated carbocycles. The lowest BCUT2D eigenvalue weighted by Crippen LogP contribution is -2.27. The highest BCUT2D eigenvalue weighted by Gasteiger charge is 2.19. The Bertz CT molecular complexity index is 937. The van der Waals surface area contributed by atoms with Crippen LogP contribution in [-0.2, 0) is 0 Å². The molecule has 2 heterocycles. The fourth-order valence-electron chi connectivity index (χ4n) is 3.22. The maximum Gasteiger partial charge on any atom is 0.256 e. The van der Waals surface area contributed by atoms with Crippen molar-refractivity contribution in [1.29, 1.82) is 0 Å². The number of benzene rings is 2. The van der Waals surface area contributed by atoms with E-state index in [1.807, 2.05) is 41.3 Å². The maximum atomic E-state index is 12.5. The van der Waals surface area contributed by atoms with E-state index in [2.05, 4.69) is 4.98 Å². The molecule has 0 spiro atoms. The predicted molar refractivity (Wildman–Crippen MR) is 87.2 cm³/mol. The Labute approximate surface area is 127 Å². The Morgan fingerprint density at radius 2 is 1.68 bits per heavy atom. The van der Waals surface area contributed by atoms with E-state index in [4.69, 9.17) is 0 Å². The molecule has 4 rings (SSSR count). The molecule has 4 heteroatoms. The first-order valence-electron chi connectivity index (χ1n) is 7.58. The fraction of sp³-hybridized carbons (Fsp3) is 0.222. The summed E-state index contributed by atoms with van der Waals surface area (Å²) < 4.78 is 0. The molecule has 0 bridgehead atoms. The number of aromatic amines is 1. The Hall–Kier alpha value is -2.62. The van der Waals surface area contributed by atoms with E-state index in [9.17, 15) is 9.59 Å². The van der Waals surface area contributed by atoms with E-state index in [0.29, 0.717) is 16.5 Å². The van der Waals surface area contributed by atoms with Gasteiger partial charge in [0.15, 0.2) is 0 Å². The van der Waals surface area contributed by atoms with Gasteiger partial charge in [-0.1, -0.05) is 24.3 Å². The van der Waals surface area contributed by atoms with Crippen LogP contribution in [-0.4, -0.2) is 28.9 Å². The number of amides is 1. The molecule has 1 N–H and O–H groups in total. The van der Waals surface area contributed by atoms with Crippen LogP contribution in [0.4, 0.5) is 0 Å². The summed E-state index contributed by atoms with van der Waals surface area (Å²) in [5.74, 6) is 0.0495. The number of pyridine rings is 1. The molecule has 1 fully saturated rings. The summed E-state index contributed by atoms with van der Waals surface area (Å²) in [5, 5.41) is 2.56. The minimum atomic E-state index is -0.117. The summed E-state index contributed by atoms with van der Waals surface area (Å²) in [4.78, 5) is 29.4. The van der Waals surface area contributed by atoms with E-state index in [1.165, 1.54) is 0 Å². The van der Waals surface area contributed by atoms with Crippen LogP contribution in [0.25, 0.3) is 21.7 Å². The smallest absolute Gasteiger partial charge is 0.256 e. The minimum absolute atomic E-state index is 0.0495. The van der Waals surface area contributed by atoms with Crippen molar-refractivity contribution >= 4 is 27.6 Å². The van der Waals surface area contributed by atoms with E-state index >= 15 is 0 Å². The van der Waals surface area contributed by atoms with Crippen LogP contribution in [0.15, 0.2) is 47.3 Å². The molecule has 1 saturated heterocycles. The van der Waals surface area contributed by atoms with Crippen LogP contribution in [0.2, 0.25) is 0 Å². The molecule has 0 unspecified atom stereocenters. The average molecular weight is 292 g/mol. The molecule has 0 aliphatic carbocycles. The van der Waals surface area contributed by atoms with Crippen molar-refractivity contribution in [3.63, 3.8) is 0 Å². The lowest BCUT2D eigenvalue weighted by Gasteiger charge is -2.15. The van der Waals surface area contributed by atoms with Gasteiger partial charge in [0.05, 0.1) is 0 Å². The summed E-state index contributed by atoms with van der Waals surface area (Å²) in [6, 6.07) is 13.1. The zero-order valence-electron chi connectivity index (χ0n) is 12.1. The van der Waals surface area contributed by atoms with E-state index in [1.54, 1.807) is 6.07 Å². The molecular weight excluding hydrogens is 276 g/mol. The lowest BCUT2D eigenvalue weighted by atomic mass is 10.0. The first-order chi connectivity index (χ1) is 10.7. The molecule has 2 aromatic carbocycles. The van der Waals surface area contributed by atoms with Gasteiger partial charge in [0, 0.05) is 34.9 Å². The van der Waals surface area contributed by atoms with Gasteiger partial charge in [0.2, 0.25) is 0 Å². The molecule has 0 radical (unpaired) electrons. The number of fused-ring (bicyclic) bond motifs is 3. The van der Waals surface area contributed by atoms with E-state index in [-0.39, 0.29) is 11.5 Å². The molecular formula is C18H16N2O2. The van der Waals surface area contributed by atoms with Gasteiger partial charge in [-0.05, 0) is 36.4 Å². The lowest BCUT2D eigenvalue weighted by molar-refractivity contribution is 0.0793. The van der Waals surface area contributed by atoms with Crippen molar-refractivity contribution in [2.24, 2.45) is 0 Å². The van der Waals surface area contributed by atoms with Gasteiger partial charge in [-0.3, -0.25) is 9.59 Å². The SMILES string of the molecule is O=C(c1ccc2c(c1)[nH]c(=O)c1ccccc12)N1CCCC1. The second kappa shape index (κ2) is 4.98. The third-order valence-electron chi connectivity index (χ3n) is 4.37. The molecule has 1 aliphatic heterocycles. The second-order valence-corrected chi connectivity index (χ2v) is 5.76. The Morgan fingerprint density at radius 3 is 2.45 bits per heavy atom. The van der Waals surface area contributed by atoms with Gasteiger partial charge in [0.1, 0.15) is 0 Å². The minimum Gasteiger partial charge on any atom is -0.339 e. The quantitative estimate of drug-likeness (QED) is 0.701. The van der Waals surface area contributed by atoms with Crippen molar-refractivity contribution in [3.8, 4) is 0 Å². The summed E-state index contributed by atoms with van der Waals surface area (Å²) in [6.07, 6.45) is 2.14. The Kier molecular flexibility index (Phi) is 2.96. The van der Waals surface area contributed by atoms with Crippen molar-refractivity contribution in [3.05, 3.63) is 58.4 Å². The number of nitrogens with zero attached hydrogens (tertiary/aromatic N) is 1. The van der Waals surface area contributed by atoms with Crippen LogP contribution in [0.1, 0.15) is 23.2 Å². The number of hydrogen-bond acceptors (Lipinski definition) is 2. The molecule has 3 aromatic rings. The predicted octanol–water partition coefficient (Wildman–Crippen LogP) is 2.92. The van der Waals surface area contributed by atoms with Crippen LogP contribution >= 0.6 is 0 Å². The van der Waals surface area contributed by atoms with Crippen molar-refractivity contribution in [1.82, 2.24) is 9.88 Å². The first kappa shape index (κ1) is 13.1. The maximum absolute atomic E-state index is 12.5. The van der Waals surface area contributed by atoms with Crippen LogP contribution in [0.5, 0.6) is 0 Å².